The number of rotatable bonds is 2. The maximum atomic E-state index is 5.41. The Bertz CT molecular complexity index is 403. The highest BCUT2D eigenvalue weighted by atomic mass is 15.3. The fourth-order valence-electron chi connectivity index (χ4n) is 2.20. The highest BCUT2D eigenvalue weighted by Crippen LogP contribution is 2.10. The summed E-state index contributed by atoms with van der Waals surface area (Å²) in [6.07, 6.45) is 4.38. The van der Waals surface area contributed by atoms with Crippen molar-refractivity contribution in [2.24, 2.45) is 15.7 Å². The van der Waals surface area contributed by atoms with Crippen molar-refractivity contribution in [2.75, 3.05) is 39.3 Å². The van der Waals surface area contributed by atoms with Gasteiger partial charge in [0.1, 0.15) is 0 Å². The third kappa shape index (κ3) is 4.10. The Morgan fingerprint density at radius 3 is 2.89 bits per heavy atom. The molecule has 2 aliphatic heterocycles. The van der Waals surface area contributed by atoms with Gasteiger partial charge >= 0.3 is 0 Å². The summed E-state index contributed by atoms with van der Waals surface area (Å²) >= 11 is 0. The molecule has 19 heavy (non-hydrogen) atoms. The molecule has 0 aliphatic carbocycles. The highest BCUT2D eigenvalue weighted by Gasteiger charge is 2.13. The Morgan fingerprint density at radius 1 is 1.42 bits per heavy atom. The van der Waals surface area contributed by atoms with Crippen molar-refractivity contribution in [1.82, 2.24) is 15.5 Å². The lowest BCUT2D eigenvalue weighted by Gasteiger charge is -2.28. The average molecular weight is 262 g/mol. The van der Waals surface area contributed by atoms with Crippen LogP contribution in [0.4, 0.5) is 0 Å². The fraction of sp³-hybridized carbons (Fsp3) is 0.538. The SMILES string of the molecule is C=C1C=C(CN=C(/N=C\N)N2CCNCC2)CCN1. The molecular formula is C13H22N6. The Hall–Kier alpha value is -1.82. The first-order chi connectivity index (χ1) is 9.29. The van der Waals surface area contributed by atoms with Gasteiger partial charge in [0.2, 0.25) is 5.96 Å². The summed E-state index contributed by atoms with van der Waals surface area (Å²) in [4.78, 5) is 10.9. The minimum absolute atomic E-state index is 0.664. The number of allylic oxidation sites excluding steroid dienone is 1. The van der Waals surface area contributed by atoms with Crippen LogP contribution in [0, 0.1) is 0 Å². The number of hydrogen-bond donors (Lipinski definition) is 3. The molecule has 2 aliphatic rings. The summed E-state index contributed by atoms with van der Waals surface area (Å²) < 4.78 is 0. The molecule has 0 bridgehead atoms. The maximum absolute atomic E-state index is 5.41. The smallest absolute Gasteiger partial charge is 0.222 e. The Balaban J connectivity index is 2.01. The van der Waals surface area contributed by atoms with Gasteiger partial charge in [0.15, 0.2) is 0 Å². The van der Waals surface area contributed by atoms with E-state index in [2.05, 4.69) is 38.2 Å². The Morgan fingerprint density at radius 2 is 2.21 bits per heavy atom. The lowest BCUT2D eigenvalue weighted by Crippen LogP contribution is -2.46. The van der Waals surface area contributed by atoms with Crippen LogP contribution in [0.25, 0.3) is 0 Å². The van der Waals surface area contributed by atoms with E-state index in [-0.39, 0.29) is 0 Å². The van der Waals surface area contributed by atoms with E-state index in [9.17, 15) is 0 Å². The first kappa shape index (κ1) is 13.6. The van der Waals surface area contributed by atoms with Gasteiger partial charge in [-0.05, 0) is 18.1 Å². The number of guanidine groups is 1. The van der Waals surface area contributed by atoms with Gasteiger partial charge in [-0.15, -0.1) is 0 Å². The predicted molar refractivity (Wildman–Crippen MR) is 79.3 cm³/mol. The molecule has 0 aromatic rings. The van der Waals surface area contributed by atoms with Crippen LogP contribution >= 0.6 is 0 Å². The normalized spacial score (nSPS) is 21.5. The molecular weight excluding hydrogens is 240 g/mol. The third-order valence-corrected chi connectivity index (χ3v) is 3.19. The van der Waals surface area contributed by atoms with E-state index in [0.29, 0.717) is 6.54 Å². The summed E-state index contributed by atoms with van der Waals surface area (Å²) in [6, 6.07) is 0. The molecule has 0 spiro atoms. The molecule has 1 fully saturated rings. The average Bonchev–Trinajstić information content (AvgIpc) is 2.44. The molecule has 0 aromatic heterocycles. The van der Waals surface area contributed by atoms with Crippen LogP contribution in [0.2, 0.25) is 0 Å². The second-order valence-electron chi connectivity index (χ2n) is 4.64. The van der Waals surface area contributed by atoms with Crippen LogP contribution in [-0.2, 0) is 0 Å². The van der Waals surface area contributed by atoms with Crippen molar-refractivity contribution in [3.8, 4) is 0 Å². The van der Waals surface area contributed by atoms with Crippen LogP contribution < -0.4 is 16.4 Å². The maximum Gasteiger partial charge on any atom is 0.222 e. The van der Waals surface area contributed by atoms with Gasteiger partial charge in [0, 0.05) is 38.4 Å². The summed E-state index contributed by atoms with van der Waals surface area (Å²) in [5.41, 5.74) is 7.66. The number of piperazine rings is 1. The Kier molecular flexibility index (Phi) is 4.97. The van der Waals surface area contributed by atoms with E-state index in [1.54, 1.807) is 0 Å². The first-order valence-corrected chi connectivity index (χ1v) is 6.66. The molecule has 0 aromatic carbocycles. The molecule has 0 atom stereocenters. The van der Waals surface area contributed by atoms with Gasteiger partial charge in [0.05, 0.1) is 12.9 Å². The molecule has 0 saturated carbocycles. The standard InChI is InChI=1S/C13H22N6/c1-11-8-12(2-3-16-11)9-17-13(18-10-14)19-6-4-15-5-7-19/h8,10,15-16H,1-7,9H2,(H2,14,17,18). The highest BCUT2D eigenvalue weighted by molar-refractivity contribution is 5.87. The summed E-state index contributed by atoms with van der Waals surface area (Å²) in [5.74, 6) is 0.731. The number of nitrogens with two attached hydrogens (primary N) is 1. The monoisotopic (exact) mass is 262 g/mol. The molecule has 6 heteroatoms. The molecule has 2 rings (SSSR count). The van der Waals surface area contributed by atoms with Gasteiger partial charge < -0.3 is 21.3 Å². The summed E-state index contributed by atoms with van der Waals surface area (Å²) in [6.45, 7) is 9.27. The van der Waals surface area contributed by atoms with E-state index >= 15 is 0 Å². The molecule has 6 nitrogen and oxygen atoms in total. The zero-order valence-electron chi connectivity index (χ0n) is 11.2. The third-order valence-electron chi connectivity index (χ3n) is 3.19. The second kappa shape index (κ2) is 6.94. The van der Waals surface area contributed by atoms with Crippen molar-refractivity contribution >= 4 is 12.3 Å². The largest absolute Gasteiger partial charge is 0.390 e. The number of nitrogens with one attached hydrogen (secondary N) is 2. The van der Waals surface area contributed by atoms with Crippen LogP contribution in [0.3, 0.4) is 0 Å². The first-order valence-electron chi connectivity index (χ1n) is 6.66. The minimum atomic E-state index is 0.664. The van der Waals surface area contributed by atoms with E-state index in [1.165, 1.54) is 11.9 Å². The van der Waals surface area contributed by atoms with Gasteiger partial charge in [0.25, 0.3) is 0 Å². The van der Waals surface area contributed by atoms with E-state index < -0.39 is 0 Å². The molecule has 1 saturated heterocycles. The van der Waals surface area contributed by atoms with E-state index in [1.807, 2.05) is 0 Å². The van der Waals surface area contributed by atoms with Crippen molar-refractivity contribution in [3.05, 3.63) is 23.9 Å². The van der Waals surface area contributed by atoms with Crippen molar-refractivity contribution in [3.63, 3.8) is 0 Å². The number of hydrogen-bond acceptors (Lipinski definition) is 3. The van der Waals surface area contributed by atoms with Crippen molar-refractivity contribution in [2.45, 2.75) is 6.42 Å². The van der Waals surface area contributed by atoms with Gasteiger partial charge in [-0.25, -0.2) is 9.98 Å². The molecule has 2 heterocycles. The number of aliphatic imine (C=N–C) groups is 2. The summed E-state index contributed by atoms with van der Waals surface area (Å²) in [7, 11) is 0. The zero-order chi connectivity index (χ0) is 13.5. The molecule has 0 radical (unpaired) electrons. The van der Waals surface area contributed by atoms with Crippen molar-refractivity contribution in [1.29, 1.82) is 0 Å². The molecule has 4 N–H and O–H groups in total. The van der Waals surface area contributed by atoms with Gasteiger partial charge in [-0.1, -0.05) is 6.58 Å². The van der Waals surface area contributed by atoms with E-state index in [0.717, 1.165) is 50.8 Å². The van der Waals surface area contributed by atoms with Crippen LogP contribution in [0.1, 0.15) is 6.42 Å². The quantitative estimate of drug-likeness (QED) is 0.470. The lowest BCUT2D eigenvalue weighted by molar-refractivity contribution is 0.353. The van der Waals surface area contributed by atoms with Crippen molar-refractivity contribution < 1.29 is 0 Å². The van der Waals surface area contributed by atoms with E-state index in [4.69, 9.17) is 5.73 Å². The van der Waals surface area contributed by atoms with Crippen LogP contribution in [0.15, 0.2) is 33.9 Å². The Labute approximate surface area is 114 Å². The lowest BCUT2D eigenvalue weighted by atomic mass is 10.1. The fourth-order valence-corrected chi connectivity index (χ4v) is 2.20. The predicted octanol–water partition coefficient (Wildman–Crippen LogP) is -0.332. The molecule has 0 unspecified atom stereocenters. The zero-order valence-corrected chi connectivity index (χ0v) is 11.2. The van der Waals surface area contributed by atoms with Gasteiger partial charge in [-0.2, -0.15) is 0 Å². The second-order valence-corrected chi connectivity index (χ2v) is 4.64. The van der Waals surface area contributed by atoms with Crippen LogP contribution in [0.5, 0.6) is 0 Å². The van der Waals surface area contributed by atoms with Crippen LogP contribution in [-0.4, -0.2) is 56.5 Å². The molecule has 104 valence electrons. The topological polar surface area (TPSA) is 78.0 Å². The number of nitrogens with zero attached hydrogens (tertiary/aromatic N) is 3. The summed E-state index contributed by atoms with van der Waals surface area (Å²) in [5, 5.41) is 6.51. The molecule has 0 amide bonds. The van der Waals surface area contributed by atoms with Gasteiger partial charge in [-0.3, -0.25) is 0 Å². The minimum Gasteiger partial charge on any atom is -0.390 e.